The summed E-state index contributed by atoms with van der Waals surface area (Å²) in [6, 6.07) is 7.99. The molecule has 6 nitrogen and oxygen atoms in total. The van der Waals surface area contributed by atoms with Gasteiger partial charge in [-0.25, -0.2) is 0 Å². The van der Waals surface area contributed by atoms with Crippen LogP contribution in [-0.2, 0) is 11.8 Å². The number of nitrogens with one attached hydrogen (secondary N) is 1. The van der Waals surface area contributed by atoms with Crippen molar-refractivity contribution in [2.75, 3.05) is 33.7 Å². The van der Waals surface area contributed by atoms with Crippen molar-refractivity contribution < 1.29 is 9.59 Å². The van der Waals surface area contributed by atoms with Crippen LogP contribution in [0.1, 0.15) is 29.6 Å². The van der Waals surface area contributed by atoms with Gasteiger partial charge in [-0.3, -0.25) is 9.59 Å². The van der Waals surface area contributed by atoms with Gasteiger partial charge in [0.25, 0.3) is 5.91 Å². The zero-order valence-corrected chi connectivity index (χ0v) is 15.9. The molecular weight excluding hydrogens is 328 g/mol. The number of likely N-dealkylation sites (tertiary alicyclic amines) is 1. The van der Waals surface area contributed by atoms with Crippen LogP contribution in [0.5, 0.6) is 0 Å². The molecule has 1 fully saturated rings. The predicted molar refractivity (Wildman–Crippen MR) is 103 cm³/mol. The fourth-order valence-corrected chi connectivity index (χ4v) is 3.66. The molecule has 2 aromatic rings. The highest BCUT2D eigenvalue weighted by Gasteiger charge is 2.30. The molecule has 0 aliphatic carbocycles. The van der Waals surface area contributed by atoms with E-state index in [0.29, 0.717) is 18.5 Å². The lowest BCUT2D eigenvalue weighted by Crippen LogP contribution is -2.40. The number of rotatable bonds is 7. The Morgan fingerprint density at radius 1 is 1.31 bits per heavy atom. The third kappa shape index (κ3) is 3.90. The molecule has 0 unspecified atom stereocenters. The Balaban J connectivity index is 1.57. The van der Waals surface area contributed by atoms with Crippen molar-refractivity contribution in [3.63, 3.8) is 0 Å². The summed E-state index contributed by atoms with van der Waals surface area (Å²) in [5.74, 6) is 0.184. The summed E-state index contributed by atoms with van der Waals surface area (Å²) in [6.45, 7) is 2.21. The number of carbonyl (C=O) groups excluding carboxylic acids is 2. The number of likely N-dealkylation sites (N-methyl/N-ethyl adjacent to an activating group) is 1. The second kappa shape index (κ2) is 7.91. The van der Waals surface area contributed by atoms with E-state index in [4.69, 9.17) is 0 Å². The maximum atomic E-state index is 12.6. The Hall–Kier alpha value is -2.34. The first kappa shape index (κ1) is 18.5. The van der Waals surface area contributed by atoms with E-state index in [-0.39, 0.29) is 17.9 Å². The SMILES string of the molecule is CN(C)CCN1C(=O)CC[C@H]1CCNC(=O)c1cccc2c1ccn2C. The monoisotopic (exact) mass is 356 g/mol. The summed E-state index contributed by atoms with van der Waals surface area (Å²) in [5.41, 5.74) is 1.75. The van der Waals surface area contributed by atoms with Crippen molar-refractivity contribution >= 4 is 22.7 Å². The van der Waals surface area contributed by atoms with Gasteiger partial charge in [0, 0.05) is 61.8 Å². The highest BCUT2D eigenvalue weighted by molar-refractivity contribution is 6.06. The van der Waals surface area contributed by atoms with Gasteiger partial charge in [0.1, 0.15) is 0 Å². The fourth-order valence-electron chi connectivity index (χ4n) is 3.66. The Kier molecular flexibility index (Phi) is 5.61. The average Bonchev–Trinajstić information content (AvgIpc) is 3.16. The van der Waals surface area contributed by atoms with Crippen LogP contribution < -0.4 is 5.32 Å². The van der Waals surface area contributed by atoms with Gasteiger partial charge in [-0.15, -0.1) is 0 Å². The largest absolute Gasteiger partial charge is 0.352 e. The van der Waals surface area contributed by atoms with E-state index in [0.717, 1.165) is 36.8 Å². The minimum atomic E-state index is -0.0500. The number of nitrogens with zero attached hydrogens (tertiary/aromatic N) is 3. The van der Waals surface area contributed by atoms with Gasteiger partial charge < -0.3 is 19.7 Å². The number of amides is 2. The molecule has 1 aromatic carbocycles. The van der Waals surface area contributed by atoms with E-state index in [1.807, 2.05) is 61.1 Å². The van der Waals surface area contributed by atoms with Crippen molar-refractivity contribution in [3.05, 3.63) is 36.0 Å². The molecule has 1 aliphatic heterocycles. The van der Waals surface area contributed by atoms with Crippen molar-refractivity contribution in [3.8, 4) is 0 Å². The molecule has 6 heteroatoms. The summed E-state index contributed by atoms with van der Waals surface area (Å²) in [4.78, 5) is 28.7. The molecular formula is C20H28N4O2. The van der Waals surface area contributed by atoms with E-state index in [9.17, 15) is 9.59 Å². The van der Waals surface area contributed by atoms with Crippen LogP contribution in [0.15, 0.2) is 30.5 Å². The van der Waals surface area contributed by atoms with E-state index >= 15 is 0 Å². The minimum absolute atomic E-state index is 0.0500. The third-order valence-corrected chi connectivity index (χ3v) is 5.18. The van der Waals surface area contributed by atoms with Crippen molar-refractivity contribution in [2.24, 2.45) is 7.05 Å². The van der Waals surface area contributed by atoms with Crippen LogP contribution >= 0.6 is 0 Å². The van der Waals surface area contributed by atoms with Crippen LogP contribution in [0.3, 0.4) is 0 Å². The molecule has 26 heavy (non-hydrogen) atoms. The third-order valence-electron chi connectivity index (χ3n) is 5.18. The lowest BCUT2D eigenvalue weighted by atomic mass is 10.1. The summed E-state index contributed by atoms with van der Waals surface area (Å²) in [6.07, 6.45) is 4.27. The molecule has 1 atom stereocenters. The zero-order chi connectivity index (χ0) is 18.7. The number of aromatic nitrogens is 1. The highest BCUT2D eigenvalue weighted by atomic mass is 16.2. The van der Waals surface area contributed by atoms with E-state index in [1.165, 1.54) is 0 Å². The van der Waals surface area contributed by atoms with Crippen molar-refractivity contribution in [1.82, 2.24) is 19.7 Å². The van der Waals surface area contributed by atoms with Gasteiger partial charge in [-0.05, 0) is 45.1 Å². The molecule has 0 bridgehead atoms. The molecule has 2 amide bonds. The second-order valence-corrected chi connectivity index (χ2v) is 7.29. The number of hydrogen-bond acceptors (Lipinski definition) is 3. The van der Waals surface area contributed by atoms with Gasteiger partial charge in [-0.2, -0.15) is 0 Å². The maximum absolute atomic E-state index is 12.6. The average molecular weight is 356 g/mol. The Morgan fingerprint density at radius 2 is 2.12 bits per heavy atom. The summed E-state index contributed by atoms with van der Waals surface area (Å²) in [5, 5.41) is 4.00. The smallest absolute Gasteiger partial charge is 0.251 e. The zero-order valence-electron chi connectivity index (χ0n) is 15.9. The van der Waals surface area contributed by atoms with Crippen molar-refractivity contribution in [1.29, 1.82) is 0 Å². The van der Waals surface area contributed by atoms with Gasteiger partial charge in [0.15, 0.2) is 0 Å². The summed E-state index contributed by atoms with van der Waals surface area (Å²) < 4.78 is 2.01. The number of carbonyl (C=O) groups is 2. The van der Waals surface area contributed by atoms with Gasteiger partial charge in [0.05, 0.1) is 0 Å². The van der Waals surface area contributed by atoms with Crippen LogP contribution in [0.4, 0.5) is 0 Å². The van der Waals surface area contributed by atoms with Crippen LogP contribution in [0.25, 0.3) is 10.9 Å². The van der Waals surface area contributed by atoms with Gasteiger partial charge in [-0.1, -0.05) is 6.07 Å². The van der Waals surface area contributed by atoms with E-state index in [1.54, 1.807) is 0 Å². The quantitative estimate of drug-likeness (QED) is 0.824. The fraction of sp³-hybridized carbons (Fsp3) is 0.500. The molecule has 0 saturated carbocycles. The Bertz CT molecular complexity index is 796. The van der Waals surface area contributed by atoms with Gasteiger partial charge >= 0.3 is 0 Å². The normalized spacial score (nSPS) is 17.5. The molecule has 1 saturated heterocycles. The topological polar surface area (TPSA) is 57.6 Å². The lowest BCUT2D eigenvalue weighted by molar-refractivity contribution is -0.129. The molecule has 0 spiro atoms. The molecule has 0 radical (unpaired) electrons. The molecule has 2 heterocycles. The molecule has 3 rings (SSSR count). The number of hydrogen-bond donors (Lipinski definition) is 1. The lowest BCUT2D eigenvalue weighted by Gasteiger charge is -2.26. The van der Waals surface area contributed by atoms with Crippen LogP contribution in [0.2, 0.25) is 0 Å². The first-order valence-electron chi connectivity index (χ1n) is 9.24. The first-order chi connectivity index (χ1) is 12.5. The maximum Gasteiger partial charge on any atom is 0.251 e. The minimum Gasteiger partial charge on any atom is -0.352 e. The second-order valence-electron chi connectivity index (χ2n) is 7.29. The number of fused-ring (bicyclic) bond motifs is 1. The highest BCUT2D eigenvalue weighted by Crippen LogP contribution is 2.22. The standard InChI is InChI=1S/C20H28N4O2/c1-22(2)13-14-24-15(7-8-19(24)25)9-11-21-20(26)17-5-4-6-18-16(17)10-12-23(18)3/h4-6,10,12,15H,7-9,11,13-14H2,1-3H3,(H,21,26)/t15-/m0/s1. The summed E-state index contributed by atoms with van der Waals surface area (Å²) >= 11 is 0. The van der Waals surface area contributed by atoms with E-state index < -0.39 is 0 Å². The Labute approximate surface area is 154 Å². The molecule has 140 valence electrons. The van der Waals surface area contributed by atoms with E-state index in [2.05, 4.69) is 10.2 Å². The van der Waals surface area contributed by atoms with Gasteiger partial charge in [0.2, 0.25) is 5.91 Å². The predicted octanol–water partition coefficient (Wildman–Crippen LogP) is 1.85. The molecule has 1 N–H and O–H groups in total. The first-order valence-corrected chi connectivity index (χ1v) is 9.24. The number of benzene rings is 1. The molecule has 1 aliphatic rings. The summed E-state index contributed by atoms with van der Waals surface area (Å²) in [7, 11) is 6.00. The van der Waals surface area contributed by atoms with Crippen molar-refractivity contribution in [2.45, 2.75) is 25.3 Å². The van der Waals surface area contributed by atoms with Crippen LogP contribution in [0, 0.1) is 0 Å². The molecule has 1 aromatic heterocycles. The van der Waals surface area contributed by atoms with Crippen LogP contribution in [-0.4, -0.2) is 66.0 Å². The Morgan fingerprint density at radius 3 is 2.88 bits per heavy atom. The number of aryl methyl sites for hydroxylation is 1.